The van der Waals surface area contributed by atoms with Crippen LogP contribution in [0.3, 0.4) is 0 Å². The van der Waals surface area contributed by atoms with E-state index in [4.69, 9.17) is 0 Å². The molecule has 1 aromatic rings. The lowest BCUT2D eigenvalue weighted by atomic mass is 10.1. The van der Waals surface area contributed by atoms with Gasteiger partial charge in [0, 0.05) is 23.6 Å². The van der Waals surface area contributed by atoms with Crippen LogP contribution in [-0.2, 0) is 6.54 Å². The Bertz CT molecular complexity index is 400. The quantitative estimate of drug-likeness (QED) is 0.780. The summed E-state index contributed by atoms with van der Waals surface area (Å²) in [6.45, 7) is 6.73. The van der Waals surface area contributed by atoms with Crippen LogP contribution in [0.1, 0.15) is 31.3 Å². The van der Waals surface area contributed by atoms with E-state index in [1.165, 1.54) is 0 Å². The summed E-state index contributed by atoms with van der Waals surface area (Å²) in [7, 11) is 0. The summed E-state index contributed by atoms with van der Waals surface area (Å²) in [6, 6.07) is 1.60. The summed E-state index contributed by atoms with van der Waals surface area (Å²) in [6.07, 6.45) is 2.17. The molecular weight excluding hydrogens is 268 g/mol. The molecular formula is C12H19BrN2O. The van der Waals surface area contributed by atoms with Gasteiger partial charge in [-0.2, -0.15) is 0 Å². The van der Waals surface area contributed by atoms with Crippen LogP contribution in [0.5, 0.6) is 0 Å². The third kappa shape index (κ3) is 3.74. The molecule has 0 spiro atoms. The molecule has 0 fully saturated rings. The average Bonchev–Trinajstić information content (AvgIpc) is 2.16. The van der Waals surface area contributed by atoms with Crippen molar-refractivity contribution >= 4 is 15.9 Å². The highest BCUT2D eigenvalue weighted by molar-refractivity contribution is 9.09. The van der Waals surface area contributed by atoms with Crippen LogP contribution in [0.4, 0.5) is 0 Å². The van der Waals surface area contributed by atoms with Crippen LogP contribution in [0, 0.1) is 19.8 Å². The number of rotatable bonds is 5. The Hall–Kier alpha value is -0.640. The van der Waals surface area contributed by atoms with Crippen molar-refractivity contribution in [1.82, 2.24) is 9.55 Å². The SMILES string of the molecule is Cc1cc(=O)n(CCC(C)CCBr)c(C)n1. The second-order valence-corrected chi connectivity index (χ2v) is 5.10. The normalized spacial score (nSPS) is 12.8. The van der Waals surface area contributed by atoms with E-state index in [0.717, 1.165) is 36.2 Å². The number of halogens is 1. The Morgan fingerprint density at radius 2 is 2.12 bits per heavy atom. The van der Waals surface area contributed by atoms with Gasteiger partial charge in [0.05, 0.1) is 0 Å². The van der Waals surface area contributed by atoms with Gasteiger partial charge >= 0.3 is 0 Å². The molecule has 0 aliphatic heterocycles. The number of hydrogen-bond donors (Lipinski definition) is 0. The van der Waals surface area contributed by atoms with E-state index in [0.29, 0.717) is 5.92 Å². The van der Waals surface area contributed by atoms with Gasteiger partial charge < -0.3 is 0 Å². The van der Waals surface area contributed by atoms with Gasteiger partial charge in [-0.3, -0.25) is 9.36 Å². The average molecular weight is 287 g/mol. The Balaban J connectivity index is 2.71. The van der Waals surface area contributed by atoms with E-state index in [9.17, 15) is 4.79 Å². The predicted octanol–water partition coefficient (Wildman–Crippen LogP) is 2.67. The second-order valence-electron chi connectivity index (χ2n) is 4.31. The van der Waals surface area contributed by atoms with Gasteiger partial charge in [-0.1, -0.05) is 22.9 Å². The fraction of sp³-hybridized carbons (Fsp3) is 0.667. The lowest BCUT2D eigenvalue weighted by Crippen LogP contribution is -2.24. The monoisotopic (exact) mass is 286 g/mol. The molecule has 0 N–H and O–H groups in total. The van der Waals surface area contributed by atoms with E-state index < -0.39 is 0 Å². The second kappa shape index (κ2) is 6.18. The first kappa shape index (κ1) is 13.4. The van der Waals surface area contributed by atoms with Gasteiger partial charge in [-0.15, -0.1) is 0 Å². The number of aryl methyl sites for hydroxylation is 2. The summed E-state index contributed by atoms with van der Waals surface area (Å²) < 4.78 is 1.76. The maximum absolute atomic E-state index is 11.7. The topological polar surface area (TPSA) is 34.9 Å². The van der Waals surface area contributed by atoms with Crippen LogP contribution in [0.2, 0.25) is 0 Å². The third-order valence-electron chi connectivity index (χ3n) is 2.77. The molecule has 1 rings (SSSR count). The number of hydrogen-bond acceptors (Lipinski definition) is 2. The molecule has 90 valence electrons. The molecule has 0 aliphatic carbocycles. The first-order chi connectivity index (χ1) is 7.54. The number of alkyl halides is 1. The Morgan fingerprint density at radius 3 is 2.69 bits per heavy atom. The van der Waals surface area contributed by atoms with Crippen molar-refractivity contribution < 1.29 is 0 Å². The summed E-state index contributed by atoms with van der Waals surface area (Å²) in [5, 5.41) is 1.02. The molecule has 0 saturated carbocycles. The molecule has 1 unspecified atom stereocenters. The zero-order valence-electron chi connectivity index (χ0n) is 10.2. The van der Waals surface area contributed by atoms with Crippen LogP contribution >= 0.6 is 15.9 Å². The molecule has 0 aliphatic rings. The lowest BCUT2D eigenvalue weighted by Gasteiger charge is -2.13. The van der Waals surface area contributed by atoms with Crippen molar-refractivity contribution in [2.24, 2.45) is 5.92 Å². The van der Waals surface area contributed by atoms with Crippen molar-refractivity contribution in [2.45, 2.75) is 40.2 Å². The Kier molecular flexibility index (Phi) is 5.19. The van der Waals surface area contributed by atoms with Gasteiger partial charge in [0.15, 0.2) is 0 Å². The summed E-state index contributed by atoms with van der Waals surface area (Å²) in [5.41, 5.74) is 0.864. The van der Waals surface area contributed by atoms with Crippen molar-refractivity contribution in [3.8, 4) is 0 Å². The molecule has 1 aromatic heterocycles. The molecule has 0 saturated heterocycles. The molecule has 0 radical (unpaired) electrons. The third-order valence-corrected chi connectivity index (χ3v) is 3.23. The van der Waals surface area contributed by atoms with Crippen LogP contribution in [0.15, 0.2) is 10.9 Å². The maximum atomic E-state index is 11.7. The van der Waals surface area contributed by atoms with E-state index in [-0.39, 0.29) is 5.56 Å². The minimum absolute atomic E-state index is 0.0658. The number of aromatic nitrogens is 2. The van der Waals surface area contributed by atoms with E-state index in [1.807, 2.05) is 13.8 Å². The predicted molar refractivity (Wildman–Crippen MR) is 70.2 cm³/mol. The summed E-state index contributed by atoms with van der Waals surface area (Å²) >= 11 is 3.43. The van der Waals surface area contributed by atoms with Crippen molar-refractivity contribution in [3.63, 3.8) is 0 Å². The molecule has 16 heavy (non-hydrogen) atoms. The zero-order chi connectivity index (χ0) is 12.1. The summed E-state index contributed by atoms with van der Waals surface area (Å²) in [4.78, 5) is 16.1. The van der Waals surface area contributed by atoms with Gasteiger partial charge in [0.25, 0.3) is 5.56 Å². The molecule has 1 atom stereocenters. The summed E-state index contributed by atoms with van der Waals surface area (Å²) in [5.74, 6) is 1.45. The van der Waals surface area contributed by atoms with Crippen LogP contribution < -0.4 is 5.56 Å². The minimum atomic E-state index is 0.0658. The zero-order valence-corrected chi connectivity index (χ0v) is 11.7. The number of nitrogens with zero attached hydrogens (tertiary/aromatic N) is 2. The van der Waals surface area contributed by atoms with Crippen molar-refractivity contribution in [3.05, 3.63) is 27.9 Å². The smallest absolute Gasteiger partial charge is 0.253 e. The molecule has 0 bridgehead atoms. The highest BCUT2D eigenvalue weighted by Gasteiger charge is 2.06. The van der Waals surface area contributed by atoms with Gasteiger partial charge in [-0.25, -0.2) is 4.98 Å². The van der Waals surface area contributed by atoms with Crippen LogP contribution in [-0.4, -0.2) is 14.9 Å². The van der Waals surface area contributed by atoms with Gasteiger partial charge in [0.1, 0.15) is 5.82 Å². The molecule has 0 amide bonds. The van der Waals surface area contributed by atoms with Crippen molar-refractivity contribution in [1.29, 1.82) is 0 Å². The Labute approximate surface area is 105 Å². The molecule has 3 nitrogen and oxygen atoms in total. The first-order valence-electron chi connectivity index (χ1n) is 5.65. The minimum Gasteiger partial charge on any atom is -0.297 e. The van der Waals surface area contributed by atoms with E-state index in [2.05, 4.69) is 27.8 Å². The fourth-order valence-electron chi connectivity index (χ4n) is 1.72. The van der Waals surface area contributed by atoms with E-state index in [1.54, 1.807) is 10.6 Å². The molecule has 1 heterocycles. The highest BCUT2D eigenvalue weighted by Crippen LogP contribution is 2.10. The Morgan fingerprint density at radius 1 is 1.44 bits per heavy atom. The van der Waals surface area contributed by atoms with Crippen LogP contribution in [0.25, 0.3) is 0 Å². The molecule has 4 heteroatoms. The lowest BCUT2D eigenvalue weighted by molar-refractivity contribution is 0.458. The largest absolute Gasteiger partial charge is 0.297 e. The molecule has 0 aromatic carbocycles. The fourth-order valence-corrected chi connectivity index (χ4v) is 2.50. The van der Waals surface area contributed by atoms with Gasteiger partial charge in [0.2, 0.25) is 0 Å². The maximum Gasteiger partial charge on any atom is 0.253 e. The first-order valence-corrected chi connectivity index (χ1v) is 6.77. The standard InChI is InChI=1S/C12H19BrN2O/c1-9(4-6-13)5-7-15-11(3)14-10(2)8-12(15)16/h8-9H,4-7H2,1-3H3. The van der Waals surface area contributed by atoms with E-state index >= 15 is 0 Å². The van der Waals surface area contributed by atoms with Gasteiger partial charge in [-0.05, 0) is 32.6 Å². The van der Waals surface area contributed by atoms with Crippen molar-refractivity contribution in [2.75, 3.05) is 5.33 Å². The highest BCUT2D eigenvalue weighted by atomic mass is 79.9.